The molecule has 1 atom stereocenters. The van der Waals surface area contributed by atoms with Gasteiger partial charge in [0.05, 0.1) is 5.60 Å². The van der Waals surface area contributed by atoms with E-state index >= 15 is 0 Å². The molecule has 118 valence electrons. The highest BCUT2D eigenvalue weighted by atomic mass is 32.1. The molecule has 1 heterocycles. The first-order valence-corrected chi connectivity index (χ1v) is 8.33. The van der Waals surface area contributed by atoms with Crippen molar-refractivity contribution in [3.8, 4) is 11.4 Å². The summed E-state index contributed by atoms with van der Waals surface area (Å²) in [5.41, 5.74) is 1.07. The average molecular weight is 325 g/mol. The molecule has 1 aromatic heterocycles. The van der Waals surface area contributed by atoms with Gasteiger partial charge in [0, 0.05) is 23.6 Å². The van der Waals surface area contributed by atoms with Crippen LogP contribution in [0.1, 0.15) is 18.9 Å². The zero-order chi connectivity index (χ0) is 16.1. The molecule has 0 spiro atoms. The van der Waals surface area contributed by atoms with E-state index in [1.807, 2.05) is 67.6 Å². The van der Waals surface area contributed by atoms with Gasteiger partial charge < -0.3 is 10.4 Å². The number of rotatable bonds is 6. The molecule has 0 amide bonds. The van der Waals surface area contributed by atoms with Gasteiger partial charge in [0.25, 0.3) is 0 Å². The molecule has 0 bridgehead atoms. The SMILES string of the molecule is CC(O)(CCNc1nc(-c2ccccc2)ns1)c1ccccc1. The normalized spacial score (nSPS) is 13.5. The van der Waals surface area contributed by atoms with Crippen molar-refractivity contribution in [1.29, 1.82) is 0 Å². The predicted octanol–water partition coefficient (Wildman–Crippen LogP) is 3.91. The lowest BCUT2D eigenvalue weighted by molar-refractivity contribution is 0.0515. The van der Waals surface area contributed by atoms with Gasteiger partial charge in [0.1, 0.15) is 0 Å². The molecule has 0 fully saturated rings. The lowest BCUT2D eigenvalue weighted by Gasteiger charge is -2.23. The summed E-state index contributed by atoms with van der Waals surface area (Å²) in [4.78, 5) is 4.49. The molecule has 0 aliphatic rings. The lowest BCUT2D eigenvalue weighted by Crippen LogP contribution is -2.24. The Labute approximate surface area is 140 Å². The highest BCUT2D eigenvalue weighted by Gasteiger charge is 2.22. The summed E-state index contributed by atoms with van der Waals surface area (Å²) in [6.07, 6.45) is 0.595. The number of aromatic nitrogens is 2. The minimum absolute atomic E-state index is 0.595. The molecular formula is C18H19N3OS. The first-order valence-electron chi connectivity index (χ1n) is 7.56. The molecule has 4 nitrogen and oxygen atoms in total. The number of anilines is 1. The van der Waals surface area contributed by atoms with Crippen LogP contribution in [0, 0.1) is 0 Å². The van der Waals surface area contributed by atoms with E-state index in [-0.39, 0.29) is 0 Å². The Morgan fingerprint density at radius 3 is 2.39 bits per heavy atom. The average Bonchev–Trinajstić information content (AvgIpc) is 3.05. The topological polar surface area (TPSA) is 58.0 Å². The van der Waals surface area contributed by atoms with E-state index in [1.165, 1.54) is 11.5 Å². The highest BCUT2D eigenvalue weighted by molar-refractivity contribution is 7.09. The summed E-state index contributed by atoms with van der Waals surface area (Å²) < 4.78 is 4.37. The van der Waals surface area contributed by atoms with Crippen molar-refractivity contribution < 1.29 is 5.11 Å². The van der Waals surface area contributed by atoms with Crippen LogP contribution < -0.4 is 5.32 Å². The highest BCUT2D eigenvalue weighted by Crippen LogP contribution is 2.25. The molecule has 0 aliphatic carbocycles. The Kier molecular flexibility index (Phi) is 4.69. The van der Waals surface area contributed by atoms with E-state index in [0.717, 1.165) is 22.1 Å². The zero-order valence-corrected chi connectivity index (χ0v) is 13.8. The van der Waals surface area contributed by atoms with Crippen LogP contribution in [0.3, 0.4) is 0 Å². The van der Waals surface area contributed by atoms with Gasteiger partial charge in [-0.15, -0.1) is 0 Å². The summed E-state index contributed by atoms with van der Waals surface area (Å²) in [6.45, 7) is 2.46. The van der Waals surface area contributed by atoms with Crippen LogP contribution in [0.15, 0.2) is 60.7 Å². The lowest BCUT2D eigenvalue weighted by atomic mass is 9.93. The van der Waals surface area contributed by atoms with Gasteiger partial charge in [0.2, 0.25) is 5.13 Å². The second kappa shape index (κ2) is 6.89. The second-order valence-electron chi connectivity index (χ2n) is 5.61. The second-order valence-corrected chi connectivity index (χ2v) is 6.36. The van der Waals surface area contributed by atoms with Crippen LogP contribution in [-0.4, -0.2) is 21.0 Å². The Balaban J connectivity index is 1.58. The van der Waals surface area contributed by atoms with Gasteiger partial charge in [-0.1, -0.05) is 60.7 Å². The summed E-state index contributed by atoms with van der Waals surface area (Å²) in [7, 11) is 0. The fraction of sp³-hybridized carbons (Fsp3) is 0.222. The van der Waals surface area contributed by atoms with E-state index in [9.17, 15) is 5.11 Å². The van der Waals surface area contributed by atoms with E-state index < -0.39 is 5.60 Å². The maximum absolute atomic E-state index is 10.6. The number of benzene rings is 2. The molecular weight excluding hydrogens is 306 g/mol. The molecule has 0 aliphatic heterocycles. The summed E-state index contributed by atoms with van der Waals surface area (Å²) in [5, 5.41) is 14.6. The van der Waals surface area contributed by atoms with Crippen molar-refractivity contribution in [2.24, 2.45) is 0 Å². The number of hydrogen-bond acceptors (Lipinski definition) is 5. The third kappa shape index (κ3) is 3.94. The predicted molar refractivity (Wildman–Crippen MR) is 94.5 cm³/mol. The molecule has 5 heteroatoms. The monoisotopic (exact) mass is 325 g/mol. The first kappa shape index (κ1) is 15.6. The minimum Gasteiger partial charge on any atom is -0.385 e. The van der Waals surface area contributed by atoms with Gasteiger partial charge in [-0.3, -0.25) is 0 Å². The number of nitrogens with one attached hydrogen (secondary N) is 1. The Morgan fingerprint density at radius 2 is 1.70 bits per heavy atom. The fourth-order valence-electron chi connectivity index (χ4n) is 2.35. The Morgan fingerprint density at radius 1 is 1.04 bits per heavy atom. The fourth-order valence-corrected chi connectivity index (χ4v) is 2.97. The van der Waals surface area contributed by atoms with Gasteiger partial charge in [-0.25, -0.2) is 0 Å². The van der Waals surface area contributed by atoms with Crippen molar-refractivity contribution in [2.75, 3.05) is 11.9 Å². The summed E-state index contributed by atoms with van der Waals surface area (Å²) in [6, 6.07) is 19.6. The van der Waals surface area contributed by atoms with E-state index in [0.29, 0.717) is 13.0 Å². The summed E-state index contributed by atoms with van der Waals surface area (Å²) >= 11 is 1.34. The Bertz CT molecular complexity index is 741. The van der Waals surface area contributed by atoms with Crippen LogP contribution >= 0.6 is 11.5 Å². The first-order chi connectivity index (χ1) is 11.1. The van der Waals surface area contributed by atoms with Crippen molar-refractivity contribution in [3.63, 3.8) is 0 Å². The zero-order valence-electron chi connectivity index (χ0n) is 12.9. The third-order valence-electron chi connectivity index (χ3n) is 3.74. The van der Waals surface area contributed by atoms with Crippen LogP contribution in [0.5, 0.6) is 0 Å². The molecule has 0 saturated heterocycles. The van der Waals surface area contributed by atoms with Gasteiger partial charge in [-0.05, 0) is 18.9 Å². The molecule has 0 saturated carbocycles. The maximum Gasteiger partial charge on any atom is 0.202 e. The molecule has 23 heavy (non-hydrogen) atoms. The van der Waals surface area contributed by atoms with Crippen molar-refractivity contribution in [2.45, 2.75) is 18.9 Å². The van der Waals surface area contributed by atoms with Crippen LogP contribution in [-0.2, 0) is 5.60 Å². The number of nitrogens with zero attached hydrogens (tertiary/aromatic N) is 2. The quantitative estimate of drug-likeness (QED) is 0.721. The standard InChI is InChI=1S/C18H19N3OS/c1-18(22,15-10-6-3-7-11-15)12-13-19-17-20-16(21-23-17)14-8-4-2-5-9-14/h2-11,22H,12-13H2,1H3,(H,19,20,21). The maximum atomic E-state index is 10.6. The molecule has 1 unspecified atom stereocenters. The molecule has 3 aromatic rings. The number of aliphatic hydroxyl groups is 1. The van der Waals surface area contributed by atoms with Crippen molar-refractivity contribution >= 4 is 16.7 Å². The van der Waals surface area contributed by atoms with Crippen molar-refractivity contribution in [3.05, 3.63) is 66.2 Å². The van der Waals surface area contributed by atoms with E-state index in [1.54, 1.807) is 0 Å². The van der Waals surface area contributed by atoms with Gasteiger partial charge in [-0.2, -0.15) is 9.36 Å². The molecule has 3 rings (SSSR count). The van der Waals surface area contributed by atoms with Gasteiger partial charge in [0.15, 0.2) is 5.82 Å². The van der Waals surface area contributed by atoms with E-state index in [2.05, 4.69) is 14.7 Å². The largest absolute Gasteiger partial charge is 0.385 e. The van der Waals surface area contributed by atoms with Crippen LogP contribution in [0.25, 0.3) is 11.4 Å². The van der Waals surface area contributed by atoms with E-state index in [4.69, 9.17) is 0 Å². The Hall–Kier alpha value is -2.24. The van der Waals surface area contributed by atoms with Crippen LogP contribution in [0.4, 0.5) is 5.13 Å². The number of hydrogen-bond donors (Lipinski definition) is 2. The minimum atomic E-state index is -0.860. The van der Waals surface area contributed by atoms with Crippen LogP contribution in [0.2, 0.25) is 0 Å². The third-order valence-corrected chi connectivity index (χ3v) is 4.41. The van der Waals surface area contributed by atoms with Gasteiger partial charge >= 0.3 is 0 Å². The van der Waals surface area contributed by atoms with Crippen molar-refractivity contribution in [1.82, 2.24) is 9.36 Å². The molecule has 0 radical (unpaired) electrons. The molecule has 2 aromatic carbocycles. The summed E-state index contributed by atoms with van der Waals surface area (Å²) in [5.74, 6) is 0.730. The smallest absolute Gasteiger partial charge is 0.202 e. The molecule has 2 N–H and O–H groups in total.